The molecule has 2 aromatic carbocycles. The van der Waals surface area contributed by atoms with Gasteiger partial charge in [-0.2, -0.15) is 9.52 Å². The molecule has 4 rings (SSSR count). The van der Waals surface area contributed by atoms with Gasteiger partial charge in [0.1, 0.15) is 5.82 Å². The van der Waals surface area contributed by atoms with Crippen LogP contribution in [0.1, 0.15) is 10.9 Å². The molecule has 0 spiro atoms. The SMILES string of the molecule is O=S(=O)(c1ccc(F)c(-c2nn[nH]n2)c1)N1CCSC1c1ccccc1Cl. The maximum absolute atomic E-state index is 14.1. The Labute approximate surface area is 164 Å². The lowest BCUT2D eigenvalue weighted by Gasteiger charge is -2.24. The van der Waals surface area contributed by atoms with Crippen LogP contribution in [0.2, 0.25) is 5.02 Å². The highest BCUT2D eigenvalue weighted by molar-refractivity contribution is 8.01. The van der Waals surface area contributed by atoms with Gasteiger partial charge in [0.2, 0.25) is 15.8 Å². The van der Waals surface area contributed by atoms with Gasteiger partial charge in [-0.15, -0.1) is 22.0 Å². The first-order chi connectivity index (χ1) is 13.0. The van der Waals surface area contributed by atoms with Crippen LogP contribution in [0.3, 0.4) is 0 Å². The molecule has 1 aliphatic rings. The predicted octanol–water partition coefficient (Wildman–Crippen LogP) is 3.10. The van der Waals surface area contributed by atoms with E-state index in [2.05, 4.69) is 20.6 Å². The van der Waals surface area contributed by atoms with Crippen molar-refractivity contribution in [2.45, 2.75) is 10.3 Å². The zero-order valence-electron chi connectivity index (χ0n) is 13.7. The van der Waals surface area contributed by atoms with E-state index in [0.717, 1.165) is 11.6 Å². The number of sulfonamides is 1. The zero-order chi connectivity index (χ0) is 19.0. The molecule has 1 saturated heterocycles. The van der Waals surface area contributed by atoms with E-state index in [-0.39, 0.29) is 16.3 Å². The fourth-order valence-electron chi connectivity index (χ4n) is 2.87. The Morgan fingerprint density at radius 2 is 2.07 bits per heavy atom. The topological polar surface area (TPSA) is 91.8 Å². The Morgan fingerprint density at radius 1 is 1.26 bits per heavy atom. The average molecular weight is 426 g/mol. The molecule has 7 nitrogen and oxygen atoms in total. The summed E-state index contributed by atoms with van der Waals surface area (Å²) in [6, 6.07) is 10.7. The first-order valence-corrected chi connectivity index (χ1v) is 10.8. The second-order valence-electron chi connectivity index (χ2n) is 5.74. The number of nitrogens with zero attached hydrogens (tertiary/aromatic N) is 4. The lowest BCUT2D eigenvalue weighted by Crippen LogP contribution is -2.30. The molecule has 0 amide bonds. The fraction of sp³-hybridized carbons (Fsp3) is 0.188. The van der Waals surface area contributed by atoms with Gasteiger partial charge in [0.05, 0.1) is 15.8 Å². The molecule has 1 atom stereocenters. The molecule has 140 valence electrons. The molecule has 1 N–H and O–H groups in total. The van der Waals surface area contributed by atoms with Crippen LogP contribution in [0, 0.1) is 5.82 Å². The predicted molar refractivity (Wildman–Crippen MR) is 100 cm³/mol. The highest BCUT2D eigenvalue weighted by atomic mass is 35.5. The van der Waals surface area contributed by atoms with Crippen molar-refractivity contribution in [3.63, 3.8) is 0 Å². The lowest BCUT2D eigenvalue weighted by molar-refractivity contribution is 0.434. The molecule has 0 bridgehead atoms. The van der Waals surface area contributed by atoms with Crippen molar-refractivity contribution in [2.75, 3.05) is 12.3 Å². The van der Waals surface area contributed by atoms with Crippen LogP contribution in [0.5, 0.6) is 0 Å². The normalized spacial score (nSPS) is 18.1. The summed E-state index contributed by atoms with van der Waals surface area (Å²) < 4.78 is 42.0. The number of hydrogen-bond acceptors (Lipinski definition) is 6. The van der Waals surface area contributed by atoms with Crippen LogP contribution < -0.4 is 0 Å². The fourth-order valence-corrected chi connectivity index (χ4v) is 6.47. The van der Waals surface area contributed by atoms with E-state index in [1.165, 1.54) is 28.2 Å². The Kier molecular flexibility index (Phi) is 4.89. The number of H-pyrrole nitrogens is 1. The molecule has 2 heterocycles. The molecule has 0 saturated carbocycles. The molecule has 27 heavy (non-hydrogen) atoms. The molecule has 1 aromatic heterocycles. The van der Waals surface area contributed by atoms with E-state index in [4.69, 9.17) is 11.6 Å². The molecule has 0 radical (unpaired) electrons. The smallest absolute Gasteiger partial charge is 0.207 e. The molecule has 1 aliphatic heterocycles. The van der Waals surface area contributed by atoms with E-state index < -0.39 is 21.2 Å². The van der Waals surface area contributed by atoms with Crippen molar-refractivity contribution in [2.24, 2.45) is 0 Å². The number of nitrogens with one attached hydrogen (secondary N) is 1. The molecule has 1 unspecified atom stereocenters. The van der Waals surface area contributed by atoms with Crippen LogP contribution in [0.4, 0.5) is 4.39 Å². The van der Waals surface area contributed by atoms with E-state index >= 15 is 0 Å². The van der Waals surface area contributed by atoms with Gasteiger partial charge in [-0.25, -0.2) is 12.8 Å². The number of benzene rings is 2. The first-order valence-electron chi connectivity index (χ1n) is 7.90. The number of thioether (sulfide) groups is 1. The first kappa shape index (κ1) is 18.4. The third-order valence-electron chi connectivity index (χ3n) is 4.15. The number of halogens is 2. The number of aromatic nitrogens is 4. The Hall–Kier alpha value is -2.01. The maximum Gasteiger partial charge on any atom is 0.244 e. The molecular formula is C16H13ClFN5O2S2. The van der Waals surface area contributed by atoms with Gasteiger partial charge in [0, 0.05) is 17.3 Å². The monoisotopic (exact) mass is 425 g/mol. The lowest BCUT2D eigenvalue weighted by atomic mass is 10.2. The second-order valence-corrected chi connectivity index (χ2v) is 9.22. The van der Waals surface area contributed by atoms with Gasteiger partial charge in [-0.05, 0) is 35.0 Å². The van der Waals surface area contributed by atoms with Gasteiger partial charge >= 0.3 is 0 Å². The summed E-state index contributed by atoms with van der Waals surface area (Å²) in [5.41, 5.74) is 0.691. The zero-order valence-corrected chi connectivity index (χ0v) is 16.1. The molecule has 1 fully saturated rings. The summed E-state index contributed by atoms with van der Waals surface area (Å²) >= 11 is 7.76. The summed E-state index contributed by atoms with van der Waals surface area (Å²) in [5, 5.41) is 13.1. The molecular weight excluding hydrogens is 413 g/mol. The number of rotatable bonds is 4. The van der Waals surface area contributed by atoms with Gasteiger partial charge < -0.3 is 0 Å². The Bertz CT molecular complexity index is 1080. The van der Waals surface area contributed by atoms with Crippen LogP contribution >= 0.6 is 23.4 Å². The van der Waals surface area contributed by atoms with E-state index in [9.17, 15) is 12.8 Å². The number of aromatic amines is 1. The third kappa shape index (κ3) is 3.33. The van der Waals surface area contributed by atoms with Gasteiger partial charge in [-0.1, -0.05) is 29.8 Å². The minimum absolute atomic E-state index is 0.0111. The van der Waals surface area contributed by atoms with Crippen molar-refractivity contribution in [1.29, 1.82) is 0 Å². The van der Waals surface area contributed by atoms with Crippen molar-refractivity contribution >= 4 is 33.4 Å². The number of tetrazole rings is 1. The highest BCUT2D eigenvalue weighted by Crippen LogP contribution is 2.43. The van der Waals surface area contributed by atoms with Crippen molar-refractivity contribution in [3.8, 4) is 11.4 Å². The minimum atomic E-state index is -3.88. The van der Waals surface area contributed by atoms with Crippen LogP contribution in [-0.4, -0.2) is 45.6 Å². The molecule has 11 heteroatoms. The Morgan fingerprint density at radius 3 is 2.81 bits per heavy atom. The van der Waals surface area contributed by atoms with Crippen LogP contribution in [0.25, 0.3) is 11.4 Å². The Balaban J connectivity index is 1.75. The van der Waals surface area contributed by atoms with Gasteiger partial charge in [0.15, 0.2) is 0 Å². The second kappa shape index (κ2) is 7.19. The summed E-state index contributed by atoms with van der Waals surface area (Å²) in [4.78, 5) is -0.0387. The van der Waals surface area contributed by atoms with Crippen molar-refractivity contribution < 1.29 is 12.8 Å². The van der Waals surface area contributed by atoms with Crippen molar-refractivity contribution in [3.05, 3.63) is 58.9 Å². The third-order valence-corrected chi connectivity index (χ3v) is 7.73. The van der Waals surface area contributed by atoms with E-state index in [1.807, 2.05) is 12.1 Å². The standard InChI is InChI=1S/C16H13ClFN5O2S2/c17-13-4-2-1-3-11(13)16-23(7-8-26-16)27(24,25)10-5-6-14(18)12(9-10)15-19-21-22-20-15/h1-6,9,16H,7-8H2,(H,19,20,21,22). The van der Waals surface area contributed by atoms with Gasteiger partial charge in [0.25, 0.3) is 0 Å². The van der Waals surface area contributed by atoms with Crippen LogP contribution in [-0.2, 0) is 10.0 Å². The van der Waals surface area contributed by atoms with E-state index in [1.54, 1.807) is 12.1 Å². The quantitative estimate of drug-likeness (QED) is 0.690. The number of hydrogen-bond donors (Lipinski definition) is 1. The summed E-state index contributed by atoms with van der Waals surface area (Å²) in [6.07, 6.45) is 0. The summed E-state index contributed by atoms with van der Waals surface area (Å²) in [7, 11) is -3.88. The summed E-state index contributed by atoms with van der Waals surface area (Å²) in [5.74, 6) is -0.00890. The summed E-state index contributed by atoms with van der Waals surface area (Å²) in [6.45, 7) is 0.331. The van der Waals surface area contributed by atoms with Crippen molar-refractivity contribution in [1.82, 2.24) is 24.9 Å². The minimum Gasteiger partial charge on any atom is -0.207 e. The largest absolute Gasteiger partial charge is 0.244 e. The van der Waals surface area contributed by atoms with Gasteiger partial charge in [-0.3, -0.25) is 0 Å². The maximum atomic E-state index is 14.1. The van der Waals surface area contributed by atoms with Crippen LogP contribution in [0.15, 0.2) is 47.4 Å². The van der Waals surface area contributed by atoms with E-state index in [0.29, 0.717) is 17.3 Å². The molecule has 3 aromatic rings. The average Bonchev–Trinajstić information content (AvgIpc) is 3.34. The molecule has 0 aliphatic carbocycles. The highest BCUT2D eigenvalue weighted by Gasteiger charge is 2.38.